The molecule has 0 saturated heterocycles. The number of ether oxygens (including phenoxy) is 1. The van der Waals surface area contributed by atoms with Gasteiger partial charge in [0.1, 0.15) is 0 Å². The number of nitrogens with zero attached hydrogens (tertiary/aromatic N) is 1. The number of esters is 1. The van der Waals surface area contributed by atoms with Crippen LogP contribution in [-0.2, 0) is 9.53 Å². The lowest BCUT2D eigenvalue weighted by Crippen LogP contribution is -2.11. The first-order valence-electron chi connectivity index (χ1n) is 5.84. The molecule has 0 saturated carbocycles. The lowest BCUT2D eigenvalue weighted by atomic mass is 10.3. The van der Waals surface area contributed by atoms with Crippen molar-refractivity contribution in [3.05, 3.63) is 18.2 Å². The number of hydrogen-bond acceptors (Lipinski definition) is 5. The molecule has 0 amide bonds. The van der Waals surface area contributed by atoms with E-state index < -0.39 is 0 Å². The van der Waals surface area contributed by atoms with Crippen molar-refractivity contribution >= 4 is 28.6 Å². The van der Waals surface area contributed by atoms with Gasteiger partial charge in [0.05, 0.1) is 24.1 Å². The third-order valence-corrected chi connectivity index (χ3v) is 2.43. The van der Waals surface area contributed by atoms with Crippen molar-refractivity contribution in [1.29, 1.82) is 0 Å². The SMILES string of the molecule is CCOC(=O)CCNc1nc2ccc(N)cc2[nH]1. The van der Waals surface area contributed by atoms with Crippen molar-refractivity contribution in [3.8, 4) is 0 Å². The summed E-state index contributed by atoms with van der Waals surface area (Å²) in [5.74, 6) is 0.408. The fourth-order valence-electron chi connectivity index (χ4n) is 1.63. The van der Waals surface area contributed by atoms with Gasteiger partial charge < -0.3 is 20.8 Å². The maximum absolute atomic E-state index is 11.1. The molecule has 18 heavy (non-hydrogen) atoms. The van der Waals surface area contributed by atoms with E-state index in [1.165, 1.54) is 0 Å². The molecule has 0 radical (unpaired) electrons. The quantitative estimate of drug-likeness (QED) is 0.551. The average molecular weight is 248 g/mol. The summed E-state index contributed by atoms with van der Waals surface area (Å²) in [7, 11) is 0. The summed E-state index contributed by atoms with van der Waals surface area (Å²) in [5.41, 5.74) is 8.07. The van der Waals surface area contributed by atoms with Crippen LogP contribution < -0.4 is 11.1 Å². The highest BCUT2D eigenvalue weighted by Gasteiger charge is 2.04. The van der Waals surface area contributed by atoms with Gasteiger partial charge in [-0.05, 0) is 25.1 Å². The summed E-state index contributed by atoms with van der Waals surface area (Å²) in [6, 6.07) is 5.46. The molecule has 1 aromatic carbocycles. The van der Waals surface area contributed by atoms with Gasteiger partial charge in [0.25, 0.3) is 0 Å². The fraction of sp³-hybridized carbons (Fsp3) is 0.333. The van der Waals surface area contributed by atoms with E-state index in [1.54, 1.807) is 13.0 Å². The topological polar surface area (TPSA) is 93.0 Å². The molecule has 0 atom stereocenters. The van der Waals surface area contributed by atoms with Gasteiger partial charge in [0.2, 0.25) is 5.95 Å². The van der Waals surface area contributed by atoms with E-state index in [0.717, 1.165) is 11.0 Å². The number of carbonyl (C=O) groups is 1. The smallest absolute Gasteiger partial charge is 0.307 e. The zero-order chi connectivity index (χ0) is 13.0. The summed E-state index contributed by atoms with van der Waals surface area (Å²) in [6.07, 6.45) is 0.313. The molecule has 0 spiro atoms. The predicted octanol–water partition coefficient (Wildman–Crippen LogP) is 1.51. The fourth-order valence-corrected chi connectivity index (χ4v) is 1.63. The first-order chi connectivity index (χ1) is 8.69. The van der Waals surface area contributed by atoms with E-state index in [-0.39, 0.29) is 5.97 Å². The number of aromatic nitrogens is 2. The summed E-state index contributed by atoms with van der Waals surface area (Å²) in [6.45, 7) is 2.67. The van der Waals surface area contributed by atoms with Crippen LogP contribution in [0.2, 0.25) is 0 Å². The second kappa shape index (κ2) is 5.39. The molecule has 6 heteroatoms. The van der Waals surface area contributed by atoms with Crippen LogP contribution in [0.5, 0.6) is 0 Å². The van der Waals surface area contributed by atoms with E-state index in [9.17, 15) is 4.79 Å². The molecule has 0 aliphatic heterocycles. The average Bonchev–Trinajstić information content (AvgIpc) is 2.71. The van der Waals surface area contributed by atoms with E-state index >= 15 is 0 Å². The molecular weight excluding hydrogens is 232 g/mol. The monoisotopic (exact) mass is 248 g/mol. The number of nitrogens with two attached hydrogens (primary N) is 1. The highest BCUT2D eigenvalue weighted by molar-refractivity contribution is 5.80. The first kappa shape index (κ1) is 12.2. The van der Waals surface area contributed by atoms with Gasteiger partial charge in [0, 0.05) is 12.2 Å². The van der Waals surface area contributed by atoms with Gasteiger partial charge in [0.15, 0.2) is 0 Å². The lowest BCUT2D eigenvalue weighted by molar-refractivity contribution is -0.142. The van der Waals surface area contributed by atoms with E-state index in [1.807, 2.05) is 12.1 Å². The van der Waals surface area contributed by atoms with Gasteiger partial charge in [-0.3, -0.25) is 4.79 Å². The number of imidazole rings is 1. The summed E-state index contributed by atoms with van der Waals surface area (Å²) in [5, 5.41) is 3.03. The number of hydrogen-bond donors (Lipinski definition) is 3. The van der Waals surface area contributed by atoms with Gasteiger partial charge in [-0.25, -0.2) is 4.98 Å². The molecule has 1 heterocycles. The summed E-state index contributed by atoms with van der Waals surface area (Å²) < 4.78 is 4.83. The van der Waals surface area contributed by atoms with Gasteiger partial charge >= 0.3 is 5.97 Å². The first-order valence-corrected chi connectivity index (χ1v) is 5.84. The molecule has 1 aromatic heterocycles. The standard InChI is InChI=1S/C12H16N4O2/c1-2-18-11(17)5-6-14-12-15-9-4-3-8(13)7-10(9)16-12/h3-4,7H,2,5-6,13H2,1H3,(H2,14,15,16). The number of aromatic amines is 1. The van der Waals surface area contributed by atoms with Crippen molar-refractivity contribution in [2.45, 2.75) is 13.3 Å². The van der Waals surface area contributed by atoms with Gasteiger partial charge in [-0.1, -0.05) is 0 Å². The number of nitrogen functional groups attached to an aromatic ring is 1. The molecule has 2 aromatic rings. The third kappa shape index (κ3) is 2.91. The molecule has 0 aliphatic rings. The maximum Gasteiger partial charge on any atom is 0.307 e. The Balaban J connectivity index is 1.94. The van der Waals surface area contributed by atoms with Crippen LogP contribution >= 0.6 is 0 Å². The van der Waals surface area contributed by atoms with Crippen LogP contribution in [0.25, 0.3) is 11.0 Å². The minimum absolute atomic E-state index is 0.217. The Morgan fingerprint density at radius 2 is 2.39 bits per heavy atom. The van der Waals surface area contributed by atoms with Crippen molar-refractivity contribution in [2.75, 3.05) is 24.2 Å². The molecule has 6 nitrogen and oxygen atoms in total. The number of anilines is 2. The molecular formula is C12H16N4O2. The zero-order valence-corrected chi connectivity index (χ0v) is 10.2. The number of H-pyrrole nitrogens is 1. The number of rotatable bonds is 5. The number of benzene rings is 1. The minimum Gasteiger partial charge on any atom is -0.466 e. The van der Waals surface area contributed by atoms with Crippen LogP contribution in [0.4, 0.5) is 11.6 Å². The Morgan fingerprint density at radius 1 is 1.56 bits per heavy atom. The van der Waals surface area contributed by atoms with E-state index in [2.05, 4.69) is 15.3 Å². The van der Waals surface area contributed by atoms with Gasteiger partial charge in [-0.15, -0.1) is 0 Å². The van der Waals surface area contributed by atoms with E-state index in [4.69, 9.17) is 10.5 Å². The molecule has 0 aliphatic carbocycles. The van der Waals surface area contributed by atoms with Crippen LogP contribution in [0.1, 0.15) is 13.3 Å². The zero-order valence-electron chi connectivity index (χ0n) is 10.2. The molecule has 4 N–H and O–H groups in total. The van der Waals surface area contributed by atoms with Gasteiger partial charge in [-0.2, -0.15) is 0 Å². The highest BCUT2D eigenvalue weighted by atomic mass is 16.5. The minimum atomic E-state index is -0.217. The molecule has 2 rings (SSSR count). The number of nitrogens with one attached hydrogen (secondary N) is 2. The Bertz CT molecular complexity index is 550. The van der Waals surface area contributed by atoms with Crippen molar-refractivity contribution in [1.82, 2.24) is 9.97 Å². The molecule has 0 unspecified atom stereocenters. The normalized spacial score (nSPS) is 10.5. The lowest BCUT2D eigenvalue weighted by Gasteiger charge is -2.02. The van der Waals surface area contributed by atoms with Crippen molar-refractivity contribution in [2.24, 2.45) is 0 Å². The second-order valence-corrected chi connectivity index (χ2v) is 3.84. The largest absolute Gasteiger partial charge is 0.466 e. The van der Waals surface area contributed by atoms with Crippen LogP contribution in [0.3, 0.4) is 0 Å². The van der Waals surface area contributed by atoms with Crippen LogP contribution in [0, 0.1) is 0 Å². The van der Waals surface area contributed by atoms with Crippen molar-refractivity contribution < 1.29 is 9.53 Å². The second-order valence-electron chi connectivity index (χ2n) is 3.84. The Kier molecular flexibility index (Phi) is 3.66. The Morgan fingerprint density at radius 3 is 3.17 bits per heavy atom. The molecule has 96 valence electrons. The maximum atomic E-state index is 11.1. The van der Waals surface area contributed by atoms with Crippen molar-refractivity contribution in [3.63, 3.8) is 0 Å². The molecule has 0 fully saturated rings. The summed E-state index contributed by atoms with van der Waals surface area (Å²) >= 11 is 0. The number of fused-ring (bicyclic) bond motifs is 1. The molecule has 0 bridgehead atoms. The number of carbonyl (C=O) groups excluding carboxylic acids is 1. The highest BCUT2D eigenvalue weighted by Crippen LogP contribution is 2.16. The summed E-state index contributed by atoms with van der Waals surface area (Å²) in [4.78, 5) is 18.6. The third-order valence-electron chi connectivity index (χ3n) is 2.43. The predicted molar refractivity (Wildman–Crippen MR) is 70.2 cm³/mol. The Labute approximate surface area is 105 Å². The van der Waals surface area contributed by atoms with Crippen LogP contribution in [-0.4, -0.2) is 29.1 Å². The van der Waals surface area contributed by atoms with Crippen LogP contribution in [0.15, 0.2) is 18.2 Å². The Hall–Kier alpha value is -2.24. The van der Waals surface area contributed by atoms with E-state index in [0.29, 0.717) is 31.2 Å².